The molecule has 0 saturated heterocycles. The SMILES string of the molecule is COc1ccc(Cn2cc3nc(-c4nccn4C)nc(Cl)c3n2)cc1. The Morgan fingerprint density at radius 3 is 2.64 bits per heavy atom. The van der Waals surface area contributed by atoms with Gasteiger partial charge in [0.25, 0.3) is 0 Å². The summed E-state index contributed by atoms with van der Waals surface area (Å²) in [7, 11) is 3.53. The van der Waals surface area contributed by atoms with Gasteiger partial charge in [-0.15, -0.1) is 0 Å². The predicted octanol–water partition coefficient (Wildman–Crippen LogP) is 2.94. The number of imidazole rings is 1. The second kappa shape index (κ2) is 6.18. The van der Waals surface area contributed by atoms with Crippen LogP contribution in [0.1, 0.15) is 5.56 Å². The Morgan fingerprint density at radius 2 is 1.96 bits per heavy atom. The Bertz CT molecular complexity index is 1040. The van der Waals surface area contributed by atoms with Crippen molar-refractivity contribution in [3.63, 3.8) is 0 Å². The zero-order chi connectivity index (χ0) is 17.4. The first-order valence-corrected chi connectivity index (χ1v) is 8.03. The molecule has 25 heavy (non-hydrogen) atoms. The molecule has 0 aliphatic heterocycles. The van der Waals surface area contributed by atoms with Crippen molar-refractivity contribution < 1.29 is 4.74 Å². The van der Waals surface area contributed by atoms with Crippen LogP contribution in [0, 0.1) is 0 Å². The van der Waals surface area contributed by atoms with Crippen molar-refractivity contribution in [2.45, 2.75) is 6.54 Å². The number of aromatic nitrogens is 6. The van der Waals surface area contributed by atoms with Gasteiger partial charge in [0.2, 0.25) is 0 Å². The van der Waals surface area contributed by atoms with E-state index in [0.29, 0.717) is 34.4 Å². The zero-order valence-corrected chi connectivity index (χ0v) is 14.5. The molecule has 0 aliphatic rings. The molecular formula is C17H15ClN6O. The van der Waals surface area contributed by atoms with Gasteiger partial charge in [0.15, 0.2) is 16.8 Å². The van der Waals surface area contributed by atoms with E-state index in [9.17, 15) is 0 Å². The van der Waals surface area contributed by atoms with E-state index >= 15 is 0 Å². The lowest BCUT2D eigenvalue weighted by Crippen LogP contribution is -1.99. The van der Waals surface area contributed by atoms with E-state index in [4.69, 9.17) is 16.3 Å². The molecule has 0 aliphatic carbocycles. The number of hydrogen-bond donors (Lipinski definition) is 0. The fourth-order valence-electron chi connectivity index (χ4n) is 2.60. The molecule has 7 nitrogen and oxygen atoms in total. The van der Waals surface area contributed by atoms with Crippen molar-refractivity contribution in [2.24, 2.45) is 7.05 Å². The summed E-state index contributed by atoms with van der Waals surface area (Å²) in [5.74, 6) is 1.96. The number of aryl methyl sites for hydroxylation is 1. The molecule has 4 rings (SSSR count). The lowest BCUT2D eigenvalue weighted by Gasteiger charge is -2.03. The van der Waals surface area contributed by atoms with Gasteiger partial charge in [-0.25, -0.2) is 15.0 Å². The zero-order valence-electron chi connectivity index (χ0n) is 13.7. The van der Waals surface area contributed by atoms with Crippen molar-refractivity contribution >= 4 is 22.6 Å². The third-order valence-corrected chi connectivity index (χ3v) is 4.16. The molecule has 0 saturated carbocycles. The van der Waals surface area contributed by atoms with Gasteiger partial charge in [-0.05, 0) is 17.7 Å². The van der Waals surface area contributed by atoms with Gasteiger partial charge in [-0.3, -0.25) is 4.68 Å². The minimum Gasteiger partial charge on any atom is -0.497 e. The van der Waals surface area contributed by atoms with Crippen molar-refractivity contribution in [1.82, 2.24) is 29.3 Å². The molecule has 0 atom stereocenters. The molecule has 0 bridgehead atoms. The first kappa shape index (κ1) is 15.6. The number of ether oxygens (including phenoxy) is 1. The number of halogens is 1. The lowest BCUT2D eigenvalue weighted by atomic mass is 10.2. The summed E-state index contributed by atoms with van der Waals surface area (Å²) >= 11 is 6.31. The Hall–Kier alpha value is -2.93. The van der Waals surface area contributed by atoms with Gasteiger partial charge < -0.3 is 9.30 Å². The van der Waals surface area contributed by atoms with Crippen LogP contribution in [-0.4, -0.2) is 36.4 Å². The number of nitrogens with zero attached hydrogens (tertiary/aromatic N) is 6. The van der Waals surface area contributed by atoms with Gasteiger partial charge in [0.1, 0.15) is 16.8 Å². The fourth-order valence-corrected chi connectivity index (χ4v) is 2.82. The van der Waals surface area contributed by atoms with Crippen LogP contribution in [0.3, 0.4) is 0 Å². The summed E-state index contributed by atoms with van der Waals surface area (Å²) < 4.78 is 8.82. The maximum absolute atomic E-state index is 6.31. The van der Waals surface area contributed by atoms with Crippen molar-refractivity contribution in [3.05, 3.63) is 53.6 Å². The van der Waals surface area contributed by atoms with Crippen LogP contribution in [0.15, 0.2) is 42.9 Å². The topological polar surface area (TPSA) is 70.7 Å². The largest absolute Gasteiger partial charge is 0.497 e. The average molecular weight is 355 g/mol. The number of rotatable bonds is 4. The smallest absolute Gasteiger partial charge is 0.198 e. The van der Waals surface area contributed by atoms with Crippen molar-refractivity contribution in [2.75, 3.05) is 7.11 Å². The third kappa shape index (κ3) is 2.94. The highest BCUT2D eigenvalue weighted by Crippen LogP contribution is 2.23. The second-order valence-electron chi connectivity index (χ2n) is 5.61. The fraction of sp³-hybridized carbons (Fsp3) is 0.176. The molecule has 0 unspecified atom stereocenters. The van der Waals surface area contributed by atoms with Gasteiger partial charge >= 0.3 is 0 Å². The van der Waals surface area contributed by atoms with Crippen molar-refractivity contribution in [3.8, 4) is 17.4 Å². The number of hydrogen-bond acceptors (Lipinski definition) is 5. The minimum atomic E-state index is 0.316. The number of fused-ring (bicyclic) bond motifs is 1. The van der Waals surface area contributed by atoms with Crippen LogP contribution >= 0.6 is 11.6 Å². The summed E-state index contributed by atoms with van der Waals surface area (Å²) in [6, 6.07) is 7.84. The minimum absolute atomic E-state index is 0.316. The van der Waals surface area contributed by atoms with E-state index < -0.39 is 0 Å². The second-order valence-corrected chi connectivity index (χ2v) is 5.97. The lowest BCUT2D eigenvalue weighted by molar-refractivity contribution is 0.414. The maximum Gasteiger partial charge on any atom is 0.198 e. The number of methoxy groups -OCH3 is 1. The molecule has 3 heterocycles. The van der Waals surface area contributed by atoms with Gasteiger partial charge in [0.05, 0.1) is 19.9 Å². The van der Waals surface area contributed by atoms with Crippen LogP contribution in [0.2, 0.25) is 5.15 Å². The molecule has 1 aromatic carbocycles. The highest BCUT2D eigenvalue weighted by Gasteiger charge is 2.14. The van der Waals surface area contributed by atoms with Gasteiger partial charge in [-0.2, -0.15) is 5.10 Å². The van der Waals surface area contributed by atoms with E-state index in [1.54, 1.807) is 18.0 Å². The van der Waals surface area contributed by atoms with Crippen LogP contribution in [-0.2, 0) is 13.6 Å². The molecule has 0 fully saturated rings. The summed E-state index contributed by atoms with van der Waals surface area (Å²) in [6.45, 7) is 0.606. The molecule has 0 radical (unpaired) electrons. The third-order valence-electron chi connectivity index (χ3n) is 3.89. The Balaban J connectivity index is 1.69. The highest BCUT2D eigenvalue weighted by atomic mass is 35.5. The Kier molecular flexibility index (Phi) is 3.85. The predicted molar refractivity (Wildman–Crippen MR) is 94.6 cm³/mol. The van der Waals surface area contributed by atoms with E-state index in [0.717, 1.165) is 11.3 Å². The molecular weight excluding hydrogens is 340 g/mol. The van der Waals surface area contributed by atoms with Gasteiger partial charge in [0, 0.05) is 19.4 Å². The molecule has 0 amide bonds. The monoisotopic (exact) mass is 354 g/mol. The van der Waals surface area contributed by atoms with Crippen LogP contribution < -0.4 is 4.74 Å². The standard InChI is InChI=1S/C17H15ClN6O/c1-23-8-7-19-17(23)16-20-13-10-24(22-14(13)15(18)21-16)9-11-3-5-12(25-2)6-4-11/h3-8,10H,9H2,1-2H3. The van der Waals surface area contributed by atoms with E-state index in [1.165, 1.54) is 0 Å². The molecule has 0 N–H and O–H groups in total. The number of benzene rings is 1. The van der Waals surface area contributed by atoms with E-state index in [-0.39, 0.29) is 0 Å². The summed E-state index contributed by atoms with van der Waals surface area (Å²) in [4.78, 5) is 13.1. The van der Waals surface area contributed by atoms with Crippen LogP contribution in [0.4, 0.5) is 0 Å². The Morgan fingerprint density at radius 1 is 1.16 bits per heavy atom. The van der Waals surface area contributed by atoms with Crippen LogP contribution in [0.25, 0.3) is 22.7 Å². The molecule has 3 aromatic heterocycles. The quantitative estimate of drug-likeness (QED) is 0.527. The van der Waals surface area contributed by atoms with E-state index in [1.807, 2.05) is 48.3 Å². The first-order chi connectivity index (χ1) is 12.1. The summed E-state index contributed by atoms with van der Waals surface area (Å²) in [5, 5.41) is 4.81. The first-order valence-electron chi connectivity index (χ1n) is 7.65. The Labute approximate surface area is 148 Å². The molecule has 8 heteroatoms. The van der Waals surface area contributed by atoms with Crippen molar-refractivity contribution in [1.29, 1.82) is 0 Å². The van der Waals surface area contributed by atoms with E-state index in [2.05, 4.69) is 20.1 Å². The average Bonchev–Trinajstić information content (AvgIpc) is 3.21. The normalized spacial score (nSPS) is 11.2. The summed E-state index contributed by atoms with van der Waals surface area (Å²) in [6.07, 6.45) is 5.40. The highest BCUT2D eigenvalue weighted by molar-refractivity contribution is 6.33. The molecule has 0 spiro atoms. The molecule has 126 valence electrons. The van der Waals surface area contributed by atoms with Crippen LogP contribution in [0.5, 0.6) is 5.75 Å². The maximum atomic E-state index is 6.31. The summed E-state index contributed by atoms with van der Waals surface area (Å²) in [5.41, 5.74) is 2.36. The molecule has 4 aromatic rings. The van der Waals surface area contributed by atoms with Gasteiger partial charge in [-0.1, -0.05) is 23.7 Å².